The van der Waals surface area contributed by atoms with E-state index in [0.29, 0.717) is 0 Å². The molecule has 0 aliphatic carbocycles. The molecule has 10 N–H and O–H groups in total. The number of hydrogen-bond acceptors (Lipinski definition) is 7. The zero-order valence-electron chi connectivity index (χ0n) is 12.4. The lowest BCUT2D eigenvalue weighted by atomic mass is 10.2. The molecule has 20 heavy (non-hydrogen) atoms. The van der Waals surface area contributed by atoms with Gasteiger partial charge in [-0.3, -0.25) is 9.59 Å². The van der Waals surface area contributed by atoms with Crippen molar-refractivity contribution in [1.82, 2.24) is 6.15 Å². The summed E-state index contributed by atoms with van der Waals surface area (Å²) in [4.78, 5) is 19.9. The van der Waals surface area contributed by atoms with Crippen LogP contribution in [0.1, 0.15) is 33.6 Å². The Morgan fingerprint density at radius 2 is 1.20 bits per heavy atom. The van der Waals surface area contributed by atoms with Gasteiger partial charge < -0.3 is 37.4 Å². The third-order valence-electron chi connectivity index (χ3n) is 0.986. The van der Waals surface area contributed by atoms with E-state index < -0.39 is 18.0 Å². The van der Waals surface area contributed by atoms with Gasteiger partial charge in [-0.05, 0) is 27.2 Å². The highest BCUT2D eigenvalue weighted by atomic mass is 16.4. The Labute approximate surface area is 119 Å². The summed E-state index contributed by atoms with van der Waals surface area (Å²) in [7, 11) is 0. The van der Waals surface area contributed by atoms with Crippen LogP contribution in [0.2, 0.25) is 0 Å². The van der Waals surface area contributed by atoms with Gasteiger partial charge in [-0.2, -0.15) is 0 Å². The van der Waals surface area contributed by atoms with Crippen molar-refractivity contribution in [3.63, 3.8) is 0 Å². The zero-order chi connectivity index (χ0) is 16.3. The van der Waals surface area contributed by atoms with Crippen LogP contribution in [0, 0.1) is 0 Å². The van der Waals surface area contributed by atoms with Gasteiger partial charge in [0.25, 0.3) is 0 Å². The van der Waals surface area contributed by atoms with E-state index in [4.69, 9.17) is 31.3 Å². The zero-order valence-corrected chi connectivity index (χ0v) is 12.4. The molecule has 0 radical (unpaired) electrons. The number of aliphatic hydroxyl groups is 3. The first-order chi connectivity index (χ1) is 8.78. The number of carbonyl (C=O) groups is 2. The molecule has 0 bridgehead atoms. The highest BCUT2D eigenvalue weighted by Crippen LogP contribution is 1.93. The second-order valence-electron chi connectivity index (χ2n) is 2.83. The molecule has 0 aliphatic heterocycles. The van der Waals surface area contributed by atoms with Gasteiger partial charge in [-0.25, -0.2) is 0 Å². The topological polar surface area (TPSA) is 196 Å². The minimum absolute atomic E-state index is 0. The summed E-state index contributed by atoms with van der Waals surface area (Å²) in [5, 5.41) is 39.0. The number of aliphatic hydroxyl groups excluding tert-OH is 3. The Morgan fingerprint density at radius 3 is 1.35 bits per heavy atom. The summed E-state index contributed by atoms with van der Waals surface area (Å²) in [6.07, 6.45) is -0.224. The maximum atomic E-state index is 9.99. The lowest BCUT2D eigenvalue weighted by Gasteiger charge is -2.01. The van der Waals surface area contributed by atoms with Gasteiger partial charge in [0.2, 0.25) is 0 Å². The van der Waals surface area contributed by atoms with Crippen molar-refractivity contribution in [2.75, 3.05) is 19.8 Å². The predicted octanol–water partition coefficient (Wildman–Crippen LogP) is -0.579. The van der Waals surface area contributed by atoms with Gasteiger partial charge >= 0.3 is 11.9 Å². The lowest BCUT2D eigenvalue weighted by molar-refractivity contribution is -0.139. The van der Waals surface area contributed by atoms with Gasteiger partial charge in [-0.15, -0.1) is 0 Å². The largest absolute Gasteiger partial charge is 0.481 e. The molecule has 9 nitrogen and oxygen atoms in total. The fourth-order valence-electron chi connectivity index (χ4n) is 0.402. The van der Waals surface area contributed by atoms with Crippen LogP contribution in [0.4, 0.5) is 0 Å². The van der Waals surface area contributed by atoms with E-state index in [1.54, 1.807) is 20.8 Å². The molecule has 0 aromatic rings. The molecule has 0 fully saturated rings. The number of carboxylic acids is 2. The van der Waals surface area contributed by atoms with Crippen molar-refractivity contribution in [3.05, 3.63) is 0 Å². The molecule has 1 unspecified atom stereocenters. The molecule has 0 saturated carbocycles. The van der Waals surface area contributed by atoms with E-state index in [1.165, 1.54) is 0 Å². The molecule has 0 saturated heterocycles. The fraction of sp³-hybridized carbons (Fsp3) is 0.818. The second-order valence-corrected chi connectivity index (χ2v) is 2.83. The molecule has 0 aromatic heterocycles. The van der Waals surface area contributed by atoms with Crippen LogP contribution in [0.3, 0.4) is 0 Å². The van der Waals surface area contributed by atoms with E-state index in [-0.39, 0.29) is 38.8 Å². The van der Waals surface area contributed by atoms with Crippen LogP contribution < -0.4 is 11.9 Å². The summed E-state index contributed by atoms with van der Waals surface area (Å²) in [5.74, 6) is -2.20. The average Bonchev–Trinajstić information content (AvgIpc) is 2.28. The van der Waals surface area contributed by atoms with Crippen molar-refractivity contribution >= 4 is 11.9 Å². The average molecular weight is 302 g/mol. The molecule has 0 rings (SSSR count). The number of hydrogen-bond donors (Lipinski definition) is 7. The third kappa shape index (κ3) is 69.2. The Hall–Kier alpha value is -1.26. The van der Waals surface area contributed by atoms with Gasteiger partial charge in [0.1, 0.15) is 6.04 Å². The second kappa shape index (κ2) is 30.6. The minimum atomic E-state index is -1.17. The first kappa shape index (κ1) is 31.2. The van der Waals surface area contributed by atoms with E-state index in [9.17, 15) is 9.59 Å². The SMILES string of the molecule is CCO.CCO.CCO.N.NC(CCC(=O)O)C(=O)O. The van der Waals surface area contributed by atoms with Gasteiger partial charge in [0.05, 0.1) is 0 Å². The number of aliphatic carboxylic acids is 2. The van der Waals surface area contributed by atoms with Crippen LogP contribution in [-0.4, -0.2) is 63.3 Å². The highest BCUT2D eigenvalue weighted by Gasteiger charge is 2.12. The maximum Gasteiger partial charge on any atom is 0.320 e. The van der Waals surface area contributed by atoms with E-state index in [2.05, 4.69) is 0 Å². The number of nitrogens with two attached hydrogens (primary N) is 1. The van der Waals surface area contributed by atoms with Crippen molar-refractivity contribution in [2.24, 2.45) is 5.73 Å². The highest BCUT2D eigenvalue weighted by molar-refractivity contribution is 5.74. The van der Waals surface area contributed by atoms with Gasteiger partial charge in [0.15, 0.2) is 0 Å². The van der Waals surface area contributed by atoms with Crippen molar-refractivity contribution in [3.8, 4) is 0 Å². The summed E-state index contributed by atoms with van der Waals surface area (Å²) in [6, 6.07) is -1.06. The Kier molecular flexibility index (Phi) is 47.8. The molecule has 0 aliphatic rings. The number of carboxylic acid groups (broad SMARTS) is 2. The van der Waals surface area contributed by atoms with Crippen LogP contribution in [0.5, 0.6) is 0 Å². The summed E-state index contributed by atoms with van der Waals surface area (Å²) in [6.45, 7) is 5.79. The minimum Gasteiger partial charge on any atom is -0.481 e. The normalized spacial score (nSPS) is 8.95. The first-order valence-electron chi connectivity index (χ1n) is 5.81. The van der Waals surface area contributed by atoms with E-state index >= 15 is 0 Å². The van der Waals surface area contributed by atoms with Gasteiger partial charge in [-0.1, -0.05) is 0 Å². The smallest absolute Gasteiger partial charge is 0.320 e. The molecule has 0 spiro atoms. The van der Waals surface area contributed by atoms with Crippen LogP contribution in [0.25, 0.3) is 0 Å². The van der Waals surface area contributed by atoms with Crippen LogP contribution >= 0.6 is 0 Å². The summed E-state index contributed by atoms with van der Waals surface area (Å²) in [5.41, 5.74) is 5.00. The Morgan fingerprint density at radius 1 is 0.950 bits per heavy atom. The quantitative estimate of drug-likeness (QED) is 0.355. The fourth-order valence-corrected chi connectivity index (χ4v) is 0.402. The van der Waals surface area contributed by atoms with Crippen LogP contribution in [0.15, 0.2) is 0 Å². The molecule has 0 amide bonds. The first-order valence-corrected chi connectivity index (χ1v) is 5.81. The summed E-state index contributed by atoms with van der Waals surface area (Å²) >= 11 is 0. The standard InChI is InChI=1S/C5H9NO4.3C2H6O.H3N/c6-3(5(9)10)1-2-4(7)8;3*1-2-3;/h3H,1-2,6H2,(H,7,8)(H,9,10);3*3H,2H2,1H3;1H3. The molecular weight excluding hydrogens is 272 g/mol. The molecule has 9 heteroatoms. The van der Waals surface area contributed by atoms with Crippen LogP contribution in [-0.2, 0) is 9.59 Å². The number of rotatable bonds is 4. The Bertz CT molecular complexity index is 187. The monoisotopic (exact) mass is 302 g/mol. The molecule has 1 atom stereocenters. The van der Waals surface area contributed by atoms with E-state index in [0.717, 1.165) is 0 Å². The maximum absolute atomic E-state index is 9.99. The molecule has 0 heterocycles. The van der Waals surface area contributed by atoms with Crippen molar-refractivity contribution in [2.45, 2.75) is 39.7 Å². The lowest BCUT2D eigenvalue weighted by Crippen LogP contribution is -2.30. The Balaban J connectivity index is -0.0000000626. The predicted molar refractivity (Wildman–Crippen MR) is 75.8 cm³/mol. The van der Waals surface area contributed by atoms with E-state index in [1.807, 2.05) is 0 Å². The molecular formula is C11H30N2O7. The van der Waals surface area contributed by atoms with Crippen molar-refractivity contribution < 1.29 is 35.1 Å². The third-order valence-corrected chi connectivity index (χ3v) is 0.986. The van der Waals surface area contributed by atoms with Gasteiger partial charge in [0, 0.05) is 26.2 Å². The van der Waals surface area contributed by atoms with Crippen molar-refractivity contribution in [1.29, 1.82) is 0 Å². The molecule has 0 aromatic carbocycles. The summed E-state index contributed by atoms with van der Waals surface area (Å²) < 4.78 is 0. The molecule has 126 valence electrons.